The van der Waals surface area contributed by atoms with Gasteiger partial charge in [-0.25, -0.2) is 14.7 Å². The van der Waals surface area contributed by atoms with Gasteiger partial charge in [0.1, 0.15) is 17.9 Å². The summed E-state index contributed by atoms with van der Waals surface area (Å²) < 4.78 is 3.69. The molecule has 0 atom stereocenters. The highest BCUT2D eigenvalue weighted by Gasteiger charge is 2.18. The van der Waals surface area contributed by atoms with Crippen molar-refractivity contribution < 1.29 is 4.79 Å². The molecule has 27 heavy (non-hydrogen) atoms. The number of thiazole rings is 1. The Morgan fingerprint density at radius 3 is 2.93 bits per heavy atom. The quantitative estimate of drug-likeness (QED) is 0.622. The Morgan fingerprint density at radius 1 is 1.48 bits per heavy atom. The standard InChI is InChI=1S/C16H18N8O2S/c1-17-6-5-12(18-2)20-13(25)8-23-15(26)10-7-11-14(19-9-27-11)24(10)16(21-23)22(3)4/h5-7,9H,2,8H2,1,3-4H3,(H,20,25)/b12-5+,17-6?. The van der Waals surface area contributed by atoms with Crippen LogP contribution < -0.4 is 15.8 Å². The van der Waals surface area contributed by atoms with Crippen molar-refractivity contribution in [3.63, 3.8) is 0 Å². The molecular formula is C16H18N8O2S. The molecule has 1 amide bonds. The van der Waals surface area contributed by atoms with Crippen LogP contribution in [0.1, 0.15) is 0 Å². The molecule has 0 unspecified atom stereocenters. The van der Waals surface area contributed by atoms with Crippen LogP contribution in [0, 0.1) is 0 Å². The maximum Gasteiger partial charge on any atom is 0.291 e. The molecule has 3 aromatic heterocycles. The molecule has 0 aliphatic heterocycles. The lowest BCUT2D eigenvalue weighted by molar-refractivity contribution is -0.121. The molecule has 0 saturated carbocycles. The largest absolute Gasteiger partial charge is 0.347 e. The Balaban J connectivity index is 2.02. The molecule has 0 spiro atoms. The van der Waals surface area contributed by atoms with Gasteiger partial charge >= 0.3 is 0 Å². The third-order valence-electron chi connectivity index (χ3n) is 3.67. The summed E-state index contributed by atoms with van der Waals surface area (Å²) in [4.78, 5) is 38.7. The van der Waals surface area contributed by atoms with Crippen LogP contribution in [0.2, 0.25) is 0 Å². The molecule has 0 fully saturated rings. The van der Waals surface area contributed by atoms with Crippen LogP contribution in [0.3, 0.4) is 0 Å². The fourth-order valence-electron chi connectivity index (χ4n) is 2.50. The van der Waals surface area contributed by atoms with Crippen molar-refractivity contribution in [2.24, 2.45) is 9.98 Å². The van der Waals surface area contributed by atoms with Gasteiger partial charge in [0.2, 0.25) is 11.9 Å². The van der Waals surface area contributed by atoms with Gasteiger partial charge in [-0.05, 0) is 18.9 Å². The van der Waals surface area contributed by atoms with Crippen molar-refractivity contribution in [1.29, 1.82) is 0 Å². The first-order chi connectivity index (χ1) is 13.0. The predicted molar refractivity (Wildman–Crippen MR) is 107 cm³/mol. The van der Waals surface area contributed by atoms with E-state index in [2.05, 4.69) is 32.1 Å². The summed E-state index contributed by atoms with van der Waals surface area (Å²) in [7, 11) is 5.21. The molecule has 140 valence electrons. The van der Waals surface area contributed by atoms with E-state index in [1.54, 1.807) is 42.0 Å². The molecule has 3 aromatic rings. The molecule has 3 heterocycles. The molecule has 0 bridgehead atoms. The van der Waals surface area contributed by atoms with Crippen molar-refractivity contribution in [2.75, 3.05) is 26.0 Å². The maximum absolute atomic E-state index is 12.8. The number of anilines is 1. The molecule has 3 rings (SSSR count). The highest BCUT2D eigenvalue weighted by atomic mass is 32.1. The Bertz CT molecular complexity index is 1130. The number of aromatic nitrogens is 4. The van der Waals surface area contributed by atoms with E-state index in [0.717, 1.165) is 9.38 Å². The fraction of sp³-hybridized carbons (Fsp3) is 0.250. The summed E-state index contributed by atoms with van der Waals surface area (Å²) in [6.45, 7) is 3.13. The van der Waals surface area contributed by atoms with Crippen molar-refractivity contribution in [3.8, 4) is 0 Å². The lowest BCUT2D eigenvalue weighted by atomic mass is 10.5. The lowest BCUT2D eigenvalue weighted by Gasteiger charge is -2.16. The number of carbonyl (C=O) groups is 1. The smallest absolute Gasteiger partial charge is 0.291 e. The molecule has 10 nitrogen and oxygen atoms in total. The van der Waals surface area contributed by atoms with Crippen molar-refractivity contribution in [3.05, 3.63) is 33.8 Å². The second-order valence-electron chi connectivity index (χ2n) is 5.73. The molecule has 1 N–H and O–H groups in total. The van der Waals surface area contributed by atoms with E-state index in [0.29, 0.717) is 17.1 Å². The summed E-state index contributed by atoms with van der Waals surface area (Å²) >= 11 is 1.44. The molecule has 0 aliphatic carbocycles. The van der Waals surface area contributed by atoms with Gasteiger partial charge in [-0.1, -0.05) is 0 Å². The summed E-state index contributed by atoms with van der Waals surface area (Å²) in [5.41, 5.74) is 2.41. The van der Waals surface area contributed by atoms with E-state index in [1.165, 1.54) is 23.6 Å². The fourth-order valence-corrected chi connectivity index (χ4v) is 3.20. The van der Waals surface area contributed by atoms with Crippen LogP contribution in [-0.4, -0.2) is 59.1 Å². The van der Waals surface area contributed by atoms with E-state index in [1.807, 2.05) is 0 Å². The second-order valence-corrected chi connectivity index (χ2v) is 6.61. The number of hydrogen-bond donors (Lipinski definition) is 1. The van der Waals surface area contributed by atoms with E-state index in [9.17, 15) is 9.59 Å². The maximum atomic E-state index is 12.8. The zero-order valence-electron chi connectivity index (χ0n) is 15.1. The van der Waals surface area contributed by atoms with E-state index < -0.39 is 5.91 Å². The number of aliphatic imine (C=N–C) groups is 2. The first kappa shape index (κ1) is 18.5. The van der Waals surface area contributed by atoms with Crippen LogP contribution in [0.15, 0.2) is 38.3 Å². The number of amides is 1. The number of carbonyl (C=O) groups excluding carboxylic acids is 1. The summed E-state index contributed by atoms with van der Waals surface area (Å²) in [5, 5.41) is 6.91. The summed E-state index contributed by atoms with van der Waals surface area (Å²) in [5.74, 6) is 0.280. The van der Waals surface area contributed by atoms with E-state index in [-0.39, 0.29) is 17.9 Å². The van der Waals surface area contributed by atoms with Gasteiger partial charge < -0.3 is 10.2 Å². The number of hydrogen-bond acceptors (Lipinski definition) is 8. The SMILES string of the molecule is C=N/C(=C\C=NC)NC(=O)Cn1nc(N(C)C)n2c(cc3scnc32)c1=O. The van der Waals surface area contributed by atoms with Crippen LogP contribution in [0.4, 0.5) is 5.95 Å². The minimum absolute atomic E-state index is 0.236. The Kier molecular flexibility index (Phi) is 5.12. The topological polar surface area (TPSA) is 109 Å². The average molecular weight is 386 g/mol. The normalized spacial score (nSPS) is 12.2. The van der Waals surface area contributed by atoms with Gasteiger partial charge in [0.15, 0.2) is 5.65 Å². The number of allylic oxidation sites excluding steroid dienone is 1. The zero-order valence-corrected chi connectivity index (χ0v) is 15.9. The van der Waals surface area contributed by atoms with Gasteiger partial charge in [0, 0.05) is 27.4 Å². The molecule has 0 saturated heterocycles. The Labute approximate surface area is 158 Å². The minimum atomic E-state index is -0.451. The van der Waals surface area contributed by atoms with Crippen LogP contribution in [-0.2, 0) is 11.3 Å². The van der Waals surface area contributed by atoms with Gasteiger partial charge in [0.05, 0.1) is 10.2 Å². The van der Waals surface area contributed by atoms with Crippen molar-refractivity contribution >= 4 is 52.0 Å². The molecule has 0 aromatic carbocycles. The number of nitrogens with one attached hydrogen (secondary N) is 1. The van der Waals surface area contributed by atoms with Gasteiger partial charge in [-0.15, -0.1) is 16.4 Å². The Morgan fingerprint density at radius 2 is 2.26 bits per heavy atom. The molecule has 0 radical (unpaired) electrons. The predicted octanol–water partition coefficient (Wildman–Crippen LogP) is 0.530. The van der Waals surface area contributed by atoms with E-state index in [4.69, 9.17) is 0 Å². The third kappa shape index (κ3) is 3.49. The number of nitrogens with zero attached hydrogens (tertiary/aromatic N) is 7. The van der Waals surface area contributed by atoms with Crippen LogP contribution in [0.5, 0.6) is 0 Å². The lowest BCUT2D eigenvalue weighted by Crippen LogP contribution is -2.35. The monoisotopic (exact) mass is 386 g/mol. The number of fused-ring (bicyclic) bond motifs is 3. The van der Waals surface area contributed by atoms with Gasteiger partial charge in [0.25, 0.3) is 5.56 Å². The van der Waals surface area contributed by atoms with Crippen molar-refractivity contribution in [1.82, 2.24) is 24.5 Å². The first-order valence-corrected chi connectivity index (χ1v) is 8.76. The molecule has 11 heteroatoms. The van der Waals surface area contributed by atoms with Crippen molar-refractivity contribution in [2.45, 2.75) is 6.54 Å². The number of rotatable bonds is 6. The third-order valence-corrected chi connectivity index (χ3v) is 4.44. The van der Waals surface area contributed by atoms with E-state index >= 15 is 0 Å². The highest BCUT2D eigenvalue weighted by molar-refractivity contribution is 7.16. The average Bonchev–Trinajstić information content (AvgIpc) is 3.22. The zero-order chi connectivity index (χ0) is 19.6. The Hall–Kier alpha value is -3.34. The molecule has 0 aliphatic rings. The highest BCUT2D eigenvalue weighted by Crippen LogP contribution is 2.24. The van der Waals surface area contributed by atoms with Gasteiger partial charge in [-0.2, -0.15) is 0 Å². The summed E-state index contributed by atoms with van der Waals surface area (Å²) in [6.07, 6.45) is 2.98. The minimum Gasteiger partial charge on any atom is -0.347 e. The van der Waals surface area contributed by atoms with Crippen LogP contribution >= 0.6 is 11.3 Å². The second kappa shape index (κ2) is 7.50. The first-order valence-electron chi connectivity index (χ1n) is 7.88. The summed E-state index contributed by atoms with van der Waals surface area (Å²) in [6, 6.07) is 1.76. The van der Waals surface area contributed by atoms with Crippen LogP contribution in [0.25, 0.3) is 15.9 Å². The van der Waals surface area contributed by atoms with Gasteiger partial charge in [-0.3, -0.25) is 19.0 Å². The molecular weight excluding hydrogens is 368 g/mol.